The minimum Gasteiger partial charge on any atom is -0.426 e. The van der Waals surface area contributed by atoms with E-state index in [1.54, 1.807) is 11.3 Å². The molecule has 1 aromatic heterocycles. The van der Waals surface area contributed by atoms with Crippen LogP contribution >= 0.6 is 11.3 Å². The van der Waals surface area contributed by atoms with Crippen LogP contribution in [0, 0.1) is 23.7 Å². The molecule has 2 aromatic carbocycles. The Morgan fingerprint density at radius 2 is 1.56 bits per heavy atom. The van der Waals surface area contributed by atoms with Crippen LogP contribution in [0.5, 0.6) is 5.75 Å². The van der Waals surface area contributed by atoms with Crippen molar-refractivity contribution in [2.45, 2.75) is 64.7 Å². The van der Waals surface area contributed by atoms with Gasteiger partial charge in [-0.2, -0.15) is 0 Å². The number of hydrogen-bond acceptors (Lipinski definition) is 4. The Morgan fingerprint density at radius 1 is 0.906 bits per heavy atom. The van der Waals surface area contributed by atoms with E-state index in [2.05, 4.69) is 13.0 Å². The maximum atomic E-state index is 13.0. The van der Waals surface area contributed by atoms with Gasteiger partial charge in [0.1, 0.15) is 10.8 Å². The van der Waals surface area contributed by atoms with Crippen molar-refractivity contribution in [3.8, 4) is 16.3 Å². The van der Waals surface area contributed by atoms with Crippen molar-refractivity contribution >= 4 is 27.5 Å². The second-order valence-electron chi connectivity index (χ2n) is 9.70. The van der Waals surface area contributed by atoms with Crippen LogP contribution in [0.3, 0.4) is 0 Å². The van der Waals surface area contributed by atoms with E-state index in [1.807, 2.05) is 42.5 Å². The minimum atomic E-state index is -0.0632. The quantitative estimate of drug-likeness (QED) is 0.295. The molecule has 4 heteroatoms. The van der Waals surface area contributed by atoms with Gasteiger partial charge in [-0.25, -0.2) is 4.98 Å². The highest BCUT2D eigenvalue weighted by Crippen LogP contribution is 2.42. The summed E-state index contributed by atoms with van der Waals surface area (Å²) in [6.45, 7) is 2.33. The maximum absolute atomic E-state index is 13.0. The van der Waals surface area contributed by atoms with E-state index < -0.39 is 0 Å². The molecule has 5 rings (SSSR count). The van der Waals surface area contributed by atoms with Gasteiger partial charge in [-0.15, -0.1) is 11.3 Å². The fraction of sp³-hybridized carbons (Fsp3) is 0.500. The summed E-state index contributed by atoms with van der Waals surface area (Å²) < 4.78 is 7.12. The van der Waals surface area contributed by atoms with Crippen molar-refractivity contribution in [3.05, 3.63) is 48.5 Å². The summed E-state index contributed by atoms with van der Waals surface area (Å²) in [5, 5.41) is 0.904. The normalized spacial score (nSPS) is 26.2. The van der Waals surface area contributed by atoms with E-state index in [-0.39, 0.29) is 11.9 Å². The molecule has 2 saturated carbocycles. The summed E-state index contributed by atoms with van der Waals surface area (Å²) in [6, 6.07) is 16.0. The third-order valence-corrected chi connectivity index (χ3v) is 8.93. The number of carbonyl (C=O) groups is 1. The Bertz CT molecular complexity index is 1020. The molecule has 2 aliphatic carbocycles. The number of fused-ring (bicyclic) bond motifs is 1. The monoisotopic (exact) mass is 447 g/mol. The zero-order valence-corrected chi connectivity index (χ0v) is 19.8. The van der Waals surface area contributed by atoms with Gasteiger partial charge < -0.3 is 4.74 Å². The van der Waals surface area contributed by atoms with E-state index in [9.17, 15) is 4.79 Å². The first-order valence-electron chi connectivity index (χ1n) is 12.4. The largest absolute Gasteiger partial charge is 0.426 e. The van der Waals surface area contributed by atoms with Crippen molar-refractivity contribution in [1.29, 1.82) is 0 Å². The molecular weight excluding hydrogens is 414 g/mol. The summed E-state index contributed by atoms with van der Waals surface area (Å²) in [7, 11) is 0. The lowest BCUT2D eigenvalue weighted by atomic mass is 9.69. The standard InChI is InChI=1S/C28H33NO2S/c1-2-19-11-13-20(14-12-19)21-15-17-22(18-16-21)28(30)31-25-9-5-3-7-23(25)27-29-24-8-4-6-10-26(24)32-27/h3-10,19-22H,2,11-18H2,1H3. The number of esters is 1. The van der Waals surface area contributed by atoms with Crippen molar-refractivity contribution < 1.29 is 9.53 Å². The van der Waals surface area contributed by atoms with Crippen molar-refractivity contribution in [2.75, 3.05) is 0 Å². The van der Waals surface area contributed by atoms with Gasteiger partial charge >= 0.3 is 5.97 Å². The average Bonchev–Trinajstić information content (AvgIpc) is 3.29. The number of nitrogens with zero attached hydrogens (tertiary/aromatic N) is 1. The molecular formula is C28H33NO2S. The molecule has 0 unspecified atom stereocenters. The van der Waals surface area contributed by atoms with Crippen LogP contribution in [0.4, 0.5) is 0 Å². The lowest BCUT2D eigenvalue weighted by molar-refractivity contribution is -0.140. The van der Waals surface area contributed by atoms with Gasteiger partial charge in [-0.05, 0) is 80.5 Å². The topological polar surface area (TPSA) is 39.2 Å². The highest BCUT2D eigenvalue weighted by molar-refractivity contribution is 7.21. The first-order chi connectivity index (χ1) is 15.7. The predicted octanol–water partition coefficient (Wildman–Crippen LogP) is 7.89. The van der Waals surface area contributed by atoms with Crippen LogP contribution in [0.15, 0.2) is 48.5 Å². The SMILES string of the molecule is CCC1CCC(C2CCC(C(=O)Oc3ccccc3-c3nc4ccccc4s3)CC2)CC1. The van der Waals surface area contributed by atoms with Gasteiger partial charge in [-0.3, -0.25) is 4.79 Å². The summed E-state index contributed by atoms with van der Waals surface area (Å²) >= 11 is 1.64. The summed E-state index contributed by atoms with van der Waals surface area (Å²) in [5.74, 6) is 3.25. The number of hydrogen-bond donors (Lipinski definition) is 0. The zero-order chi connectivity index (χ0) is 21.9. The lowest BCUT2D eigenvalue weighted by Gasteiger charge is -2.37. The Balaban J connectivity index is 1.22. The van der Waals surface area contributed by atoms with Gasteiger partial charge in [0.25, 0.3) is 0 Å². The van der Waals surface area contributed by atoms with Gasteiger partial charge in [0.05, 0.1) is 21.7 Å². The van der Waals surface area contributed by atoms with Gasteiger partial charge in [-0.1, -0.05) is 50.5 Å². The van der Waals surface area contributed by atoms with Crippen molar-refractivity contribution in [3.63, 3.8) is 0 Å². The highest BCUT2D eigenvalue weighted by atomic mass is 32.1. The molecule has 32 heavy (non-hydrogen) atoms. The van der Waals surface area contributed by atoms with Crippen LogP contribution < -0.4 is 4.74 Å². The smallest absolute Gasteiger partial charge is 0.314 e. The Labute approximate surface area is 195 Å². The lowest BCUT2D eigenvalue weighted by Crippen LogP contribution is -2.30. The van der Waals surface area contributed by atoms with Gasteiger partial charge in [0.15, 0.2) is 0 Å². The van der Waals surface area contributed by atoms with E-state index >= 15 is 0 Å². The van der Waals surface area contributed by atoms with Crippen LogP contribution in [0.2, 0.25) is 0 Å². The summed E-state index contributed by atoms with van der Waals surface area (Å²) in [6.07, 6.45) is 11.3. The van der Waals surface area contributed by atoms with Crippen molar-refractivity contribution in [1.82, 2.24) is 4.98 Å². The van der Waals surface area contributed by atoms with Gasteiger partial charge in [0, 0.05) is 0 Å². The Morgan fingerprint density at radius 3 is 2.28 bits per heavy atom. The first-order valence-corrected chi connectivity index (χ1v) is 13.2. The molecule has 168 valence electrons. The van der Waals surface area contributed by atoms with E-state index in [0.717, 1.165) is 51.4 Å². The maximum Gasteiger partial charge on any atom is 0.314 e. The predicted molar refractivity (Wildman–Crippen MR) is 132 cm³/mol. The molecule has 0 N–H and O–H groups in total. The molecule has 0 atom stereocenters. The number of carbonyl (C=O) groups excluding carboxylic acids is 1. The molecule has 0 aliphatic heterocycles. The first kappa shape index (κ1) is 21.6. The minimum absolute atomic E-state index is 0.0293. The summed E-state index contributed by atoms with van der Waals surface area (Å²) in [5.41, 5.74) is 1.89. The number of benzene rings is 2. The third kappa shape index (κ3) is 4.61. The van der Waals surface area contributed by atoms with Crippen LogP contribution in [-0.4, -0.2) is 11.0 Å². The number of aromatic nitrogens is 1. The molecule has 0 radical (unpaired) electrons. The molecule has 3 nitrogen and oxygen atoms in total. The third-order valence-electron chi connectivity index (χ3n) is 7.86. The molecule has 2 fully saturated rings. The second kappa shape index (κ2) is 9.74. The second-order valence-corrected chi connectivity index (χ2v) is 10.7. The highest BCUT2D eigenvalue weighted by Gasteiger charge is 2.33. The number of para-hydroxylation sites is 2. The number of ether oxygens (including phenoxy) is 1. The summed E-state index contributed by atoms with van der Waals surface area (Å²) in [4.78, 5) is 17.8. The molecule has 0 saturated heterocycles. The van der Waals surface area contributed by atoms with E-state index in [0.29, 0.717) is 5.75 Å². The number of thiazole rings is 1. The number of rotatable bonds is 5. The van der Waals surface area contributed by atoms with Crippen molar-refractivity contribution in [2.24, 2.45) is 23.7 Å². The fourth-order valence-corrected chi connectivity index (χ4v) is 6.80. The molecule has 3 aromatic rings. The van der Waals surface area contributed by atoms with E-state index in [4.69, 9.17) is 9.72 Å². The Hall–Kier alpha value is -2.20. The molecule has 0 spiro atoms. The molecule has 1 heterocycles. The van der Waals surface area contributed by atoms with Crippen LogP contribution in [0.1, 0.15) is 64.7 Å². The van der Waals surface area contributed by atoms with Gasteiger partial charge in [0.2, 0.25) is 0 Å². The average molecular weight is 448 g/mol. The Kier molecular flexibility index (Phi) is 6.59. The molecule has 2 aliphatic rings. The van der Waals surface area contributed by atoms with Crippen LogP contribution in [-0.2, 0) is 4.79 Å². The molecule has 0 amide bonds. The van der Waals surface area contributed by atoms with Crippen LogP contribution in [0.25, 0.3) is 20.8 Å². The molecule has 0 bridgehead atoms. The fourth-order valence-electron chi connectivity index (χ4n) is 5.81. The van der Waals surface area contributed by atoms with E-state index in [1.165, 1.54) is 44.9 Å². The zero-order valence-electron chi connectivity index (χ0n) is 19.0.